The number of guanidine groups is 1. The van der Waals surface area contributed by atoms with E-state index in [-0.39, 0.29) is 47.7 Å². The molecule has 2 aromatic carbocycles. The van der Waals surface area contributed by atoms with Crippen molar-refractivity contribution in [3.8, 4) is 5.75 Å². The van der Waals surface area contributed by atoms with Gasteiger partial charge < -0.3 is 15.4 Å². The maximum Gasteiger partial charge on any atom is 0.387 e. The highest BCUT2D eigenvalue weighted by Gasteiger charge is 2.11. The van der Waals surface area contributed by atoms with E-state index in [9.17, 15) is 17.2 Å². The van der Waals surface area contributed by atoms with E-state index in [1.807, 2.05) is 6.92 Å². The summed E-state index contributed by atoms with van der Waals surface area (Å²) >= 11 is 5.95. The summed E-state index contributed by atoms with van der Waals surface area (Å²) < 4.78 is 52.3. The second-order valence-corrected chi connectivity index (χ2v) is 7.87. The number of rotatable bonds is 8. The molecule has 0 aromatic heterocycles. The lowest BCUT2D eigenvalue weighted by molar-refractivity contribution is -0.0504. The number of benzene rings is 2. The van der Waals surface area contributed by atoms with E-state index < -0.39 is 16.6 Å². The molecule has 2 aromatic rings. The molecule has 166 valence electrons. The summed E-state index contributed by atoms with van der Waals surface area (Å²) in [6, 6.07) is 10.4. The third-order valence-corrected chi connectivity index (χ3v) is 4.87. The van der Waals surface area contributed by atoms with E-state index >= 15 is 0 Å². The summed E-state index contributed by atoms with van der Waals surface area (Å²) in [7, 11) is -3.75. The van der Waals surface area contributed by atoms with Crippen LogP contribution in [0.1, 0.15) is 18.1 Å². The zero-order valence-corrected chi connectivity index (χ0v) is 19.8. The molecule has 0 aliphatic rings. The van der Waals surface area contributed by atoms with Gasteiger partial charge in [0.15, 0.2) is 5.96 Å². The van der Waals surface area contributed by atoms with Crippen LogP contribution in [0.25, 0.3) is 0 Å². The van der Waals surface area contributed by atoms with E-state index in [1.165, 1.54) is 30.3 Å². The zero-order chi connectivity index (χ0) is 21.4. The van der Waals surface area contributed by atoms with E-state index in [0.717, 1.165) is 5.56 Å². The lowest BCUT2D eigenvalue weighted by Gasteiger charge is -2.14. The van der Waals surface area contributed by atoms with Crippen LogP contribution < -0.4 is 20.5 Å². The van der Waals surface area contributed by atoms with Gasteiger partial charge in [0.05, 0.1) is 11.4 Å². The predicted octanol–water partition coefficient (Wildman–Crippen LogP) is 3.46. The van der Waals surface area contributed by atoms with Crippen molar-refractivity contribution in [1.29, 1.82) is 0 Å². The molecule has 0 amide bonds. The Morgan fingerprint density at radius 2 is 1.87 bits per heavy atom. The van der Waals surface area contributed by atoms with Gasteiger partial charge in [0.1, 0.15) is 5.75 Å². The third-order valence-electron chi connectivity index (χ3n) is 3.70. The Bertz CT molecular complexity index is 960. The van der Waals surface area contributed by atoms with E-state index in [2.05, 4.69) is 20.4 Å². The number of nitrogens with one attached hydrogen (secondary N) is 2. The van der Waals surface area contributed by atoms with Crippen molar-refractivity contribution in [3.63, 3.8) is 0 Å². The van der Waals surface area contributed by atoms with Gasteiger partial charge in [0.25, 0.3) is 0 Å². The minimum atomic E-state index is -3.75. The molecular weight excluding hydrogens is 553 g/mol. The van der Waals surface area contributed by atoms with Crippen LogP contribution in [0.5, 0.6) is 5.75 Å². The number of hydrogen-bond acceptors (Lipinski definition) is 4. The van der Waals surface area contributed by atoms with Crippen LogP contribution in [0.15, 0.2) is 52.4 Å². The number of halogens is 4. The largest absolute Gasteiger partial charge is 0.434 e. The molecule has 2 rings (SSSR count). The van der Waals surface area contributed by atoms with Crippen molar-refractivity contribution >= 4 is 51.6 Å². The fourth-order valence-electron chi connectivity index (χ4n) is 2.37. The molecule has 4 N–H and O–H groups in total. The van der Waals surface area contributed by atoms with Gasteiger partial charge in [-0.25, -0.2) is 18.5 Å². The Morgan fingerprint density at radius 1 is 1.20 bits per heavy atom. The topological polar surface area (TPSA) is 106 Å². The smallest absolute Gasteiger partial charge is 0.387 e. The van der Waals surface area contributed by atoms with Gasteiger partial charge in [0.2, 0.25) is 10.0 Å². The molecule has 0 radical (unpaired) electrons. The predicted molar refractivity (Wildman–Crippen MR) is 123 cm³/mol. The number of nitrogens with two attached hydrogens (primary N) is 1. The van der Waals surface area contributed by atoms with E-state index in [1.54, 1.807) is 12.1 Å². The van der Waals surface area contributed by atoms with Crippen molar-refractivity contribution in [3.05, 3.63) is 58.6 Å². The number of nitrogens with zero attached hydrogens (tertiary/aromatic N) is 1. The highest BCUT2D eigenvalue weighted by molar-refractivity contribution is 14.0. The standard InChI is InChI=1S/C18H21ClF2N4O3S.HI/c1-2-23-18(24-10-12-3-6-15(7-4-12)29(22,26)27)25-11-13-9-14(19)5-8-16(13)28-17(20)21;/h3-9,17H,2,10-11H2,1H3,(H2,22,26,27)(H2,23,24,25);1H. The second kappa shape index (κ2) is 12.2. The van der Waals surface area contributed by atoms with Crippen molar-refractivity contribution < 1.29 is 21.9 Å². The molecule has 0 atom stereocenters. The summed E-state index contributed by atoms with van der Waals surface area (Å²) in [6.45, 7) is -0.0821. The summed E-state index contributed by atoms with van der Waals surface area (Å²) in [5, 5.41) is 11.5. The summed E-state index contributed by atoms with van der Waals surface area (Å²) in [6.07, 6.45) is 0. The molecule has 0 fully saturated rings. The van der Waals surface area contributed by atoms with Gasteiger partial charge in [0, 0.05) is 23.7 Å². The molecule has 0 saturated heterocycles. The molecule has 12 heteroatoms. The van der Waals surface area contributed by atoms with E-state index in [0.29, 0.717) is 23.1 Å². The fourth-order valence-corrected chi connectivity index (χ4v) is 3.08. The first-order valence-electron chi connectivity index (χ1n) is 8.56. The Morgan fingerprint density at radius 3 is 2.43 bits per heavy atom. The maximum absolute atomic E-state index is 12.6. The Hall–Kier alpha value is -1.70. The Labute approximate surface area is 196 Å². The van der Waals surface area contributed by atoms with Crippen molar-refractivity contribution in [2.75, 3.05) is 6.54 Å². The summed E-state index contributed by atoms with van der Waals surface area (Å²) in [4.78, 5) is 4.41. The molecule has 0 bridgehead atoms. The van der Waals surface area contributed by atoms with Gasteiger partial charge in [-0.05, 0) is 42.8 Å². The average Bonchev–Trinajstić information content (AvgIpc) is 2.65. The van der Waals surface area contributed by atoms with Crippen LogP contribution in [0, 0.1) is 0 Å². The number of ether oxygens (including phenoxy) is 1. The minimum absolute atomic E-state index is 0. The monoisotopic (exact) mass is 574 g/mol. The van der Waals surface area contributed by atoms with Crippen LogP contribution in [0.3, 0.4) is 0 Å². The van der Waals surface area contributed by atoms with Gasteiger partial charge in [-0.15, -0.1) is 24.0 Å². The molecule has 0 heterocycles. The second-order valence-electron chi connectivity index (χ2n) is 5.87. The van der Waals surface area contributed by atoms with Crippen molar-refractivity contribution in [2.24, 2.45) is 10.1 Å². The van der Waals surface area contributed by atoms with Crippen LogP contribution in [-0.4, -0.2) is 27.5 Å². The number of sulfonamides is 1. The van der Waals surface area contributed by atoms with Crippen molar-refractivity contribution in [2.45, 2.75) is 31.5 Å². The first-order chi connectivity index (χ1) is 13.7. The maximum atomic E-state index is 12.6. The third kappa shape index (κ3) is 8.58. The SMILES string of the molecule is CCNC(=NCc1ccc(S(N)(=O)=O)cc1)NCc1cc(Cl)ccc1OC(F)F.I. The van der Waals surface area contributed by atoms with Crippen LogP contribution in [0.4, 0.5) is 8.78 Å². The molecule has 0 saturated carbocycles. The molecule has 0 aliphatic carbocycles. The number of aliphatic imine (C=N–C) groups is 1. The summed E-state index contributed by atoms with van der Waals surface area (Å²) in [5.41, 5.74) is 1.21. The van der Waals surface area contributed by atoms with Gasteiger partial charge >= 0.3 is 6.61 Å². The molecule has 0 aliphatic heterocycles. The van der Waals surface area contributed by atoms with Gasteiger partial charge in [-0.1, -0.05) is 23.7 Å². The molecule has 0 unspecified atom stereocenters. The highest BCUT2D eigenvalue weighted by Crippen LogP contribution is 2.24. The van der Waals surface area contributed by atoms with Crippen LogP contribution in [0.2, 0.25) is 5.02 Å². The Balaban J connectivity index is 0.00000450. The number of alkyl halides is 2. The normalized spacial score (nSPS) is 11.7. The molecule has 30 heavy (non-hydrogen) atoms. The lowest BCUT2D eigenvalue weighted by atomic mass is 10.2. The molecule has 0 spiro atoms. The molecule has 7 nitrogen and oxygen atoms in total. The Kier molecular flexibility index (Phi) is 10.7. The molecular formula is C18H22ClF2IN4O3S. The first-order valence-corrected chi connectivity index (χ1v) is 10.5. The average molecular weight is 575 g/mol. The summed E-state index contributed by atoms with van der Waals surface area (Å²) in [5.74, 6) is 0.456. The highest BCUT2D eigenvalue weighted by atomic mass is 127. The number of primary sulfonamides is 1. The van der Waals surface area contributed by atoms with Crippen LogP contribution >= 0.6 is 35.6 Å². The fraction of sp³-hybridized carbons (Fsp3) is 0.278. The quantitative estimate of drug-likeness (QED) is 0.254. The lowest BCUT2D eigenvalue weighted by Crippen LogP contribution is -2.36. The number of hydrogen-bond donors (Lipinski definition) is 3. The van der Waals surface area contributed by atoms with Crippen LogP contribution in [-0.2, 0) is 23.1 Å². The van der Waals surface area contributed by atoms with Gasteiger partial charge in [-0.2, -0.15) is 8.78 Å². The van der Waals surface area contributed by atoms with Gasteiger partial charge in [-0.3, -0.25) is 0 Å². The zero-order valence-electron chi connectivity index (χ0n) is 15.9. The first kappa shape index (κ1) is 26.3. The van der Waals surface area contributed by atoms with Crippen molar-refractivity contribution in [1.82, 2.24) is 10.6 Å². The van der Waals surface area contributed by atoms with E-state index in [4.69, 9.17) is 16.7 Å². The minimum Gasteiger partial charge on any atom is -0.434 e.